The van der Waals surface area contributed by atoms with E-state index in [-0.39, 0.29) is 6.04 Å². The maximum Gasteiger partial charge on any atom is 0.0624 e. The molecule has 0 aliphatic heterocycles. The SMILES string of the molecule is NC(CC1=CCCCC1)Cc1cccc(Cl)c1Cl. The molecule has 1 nitrogen and oxygen atoms in total. The molecule has 0 spiro atoms. The monoisotopic (exact) mass is 283 g/mol. The van der Waals surface area contributed by atoms with Gasteiger partial charge in [0.1, 0.15) is 0 Å². The molecular formula is C15H19Cl2N. The third kappa shape index (κ3) is 3.74. The van der Waals surface area contributed by atoms with Gasteiger partial charge in [0.15, 0.2) is 0 Å². The average Bonchev–Trinajstić information content (AvgIpc) is 2.36. The van der Waals surface area contributed by atoms with Gasteiger partial charge in [0, 0.05) is 6.04 Å². The Labute approximate surface area is 119 Å². The van der Waals surface area contributed by atoms with Gasteiger partial charge >= 0.3 is 0 Å². The Kier molecular flexibility index (Phi) is 5.11. The highest BCUT2D eigenvalue weighted by Gasteiger charge is 2.12. The van der Waals surface area contributed by atoms with Crippen LogP contribution in [-0.4, -0.2) is 6.04 Å². The van der Waals surface area contributed by atoms with Crippen LogP contribution in [0, 0.1) is 0 Å². The Morgan fingerprint density at radius 3 is 2.72 bits per heavy atom. The largest absolute Gasteiger partial charge is 0.327 e. The van der Waals surface area contributed by atoms with Gasteiger partial charge in [-0.25, -0.2) is 0 Å². The summed E-state index contributed by atoms with van der Waals surface area (Å²) in [6.45, 7) is 0. The molecule has 2 rings (SSSR count). The third-order valence-corrected chi connectivity index (χ3v) is 4.28. The predicted octanol–water partition coefficient (Wildman–Crippen LogP) is 4.75. The summed E-state index contributed by atoms with van der Waals surface area (Å²) in [5.74, 6) is 0. The molecule has 98 valence electrons. The van der Waals surface area contributed by atoms with E-state index in [0.29, 0.717) is 10.0 Å². The molecule has 1 atom stereocenters. The van der Waals surface area contributed by atoms with E-state index >= 15 is 0 Å². The molecule has 0 bridgehead atoms. The maximum absolute atomic E-state index is 6.21. The van der Waals surface area contributed by atoms with Crippen molar-refractivity contribution in [1.82, 2.24) is 0 Å². The molecule has 1 unspecified atom stereocenters. The van der Waals surface area contributed by atoms with Gasteiger partial charge in [0.05, 0.1) is 10.0 Å². The Bertz CT molecular complexity index is 440. The first-order valence-corrected chi connectivity index (χ1v) is 7.29. The molecule has 2 N–H and O–H groups in total. The van der Waals surface area contributed by atoms with Gasteiger partial charge in [-0.3, -0.25) is 0 Å². The number of benzene rings is 1. The molecule has 1 aliphatic rings. The Morgan fingerprint density at radius 2 is 2.00 bits per heavy atom. The van der Waals surface area contributed by atoms with Crippen LogP contribution in [0.2, 0.25) is 10.0 Å². The predicted molar refractivity (Wildman–Crippen MR) is 79.3 cm³/mol. The van der Waals surface area contributed by atoms with Crippen molar-refractivity contribution in [3.05, 3.63) is 45.5 Å². The van der Waals surface area contributed by atoms with Crippen LogP contribution in [0.5, 0.6) is 0 Å². The molecular weight excluding hydrogens is 265 g/mol. The summed E-state index contributed by atoms with van der Waals surface area (Å²) in [5.41, 5.74) is 8.77. The smallest absolute Gasteiger partial charge is 0.0624 e. The minimum Gasteiger partial charge on any atom is -0.327 e. The molecule has 0 fully saturated rings. The van der Waals surface area contributed by atoms with E-state index in [4.69, 9.17) is 28.9 Å². The lowest BCUT2D eigenvalue weighted by Gasteiger charge is -2.18. The molecule has 3 heteroatoms. The number of hydrogen-bond donors (Lipinski definition) is 1. The second kappa shape index (κ2) is 6.60. The highest BCUT2D eigenvalue weighted by molar-refractivity contribution is 6.42. The molecule has 0 heterocycles. The lowest BCUT2D eigenvalue weighted by Crippen LogP contribution is -2.24. The van der Waals surface area contributed by atoms with Crippen LogP contribution in [0.15, 0.2) is 29.8 Å². The van der Waals surface area contributed by atoms with Crippen molar-refractivity contribution < 1.29 is 0 Å². The molecule has 0 saturated carbocycles. The fourth-order valence-corrected chi connectivity index (χ4v) is 2.88. The average molecular weight is 284 g/mol. The summed E-state index contributed by atoms with van der Waals surface area (Å²) >= 11 is 12.2. The van der Waals surface area contributed by atoms with E-state index in [1.54, 1.807) is 0 Å². The maximum atomic E-state index is 6.21. The second-order valence-electron chi connectivity index (χ2n) is 4.99. The van der Waals surface area contributed by atoms with Gasteiger partial charge in [-0.15, -0.1) is 0 Å². The summed E-state index contributed by atoms with van der Waals surface area (Å²) in [6, 6.07) is 5.87. The molecule has 0 saturated heterocycles. The Balaban J connectivity index is 1.96. The van der Waals surface area contributed by atoms with E-state index in [0.717, 1.165) is 18.4 Å². The zero-order valence-corrected chi connectivity index (χ0v) is 12.0. The summed E-state index contributed by atoms with van der Waals surface area (Å²) in [4.78, 5) is 0. The van der Waals surface area contributed by atoms with Gasteiger partial charge in [-0.2, -0.15) is 0 Å². The standard InChI is InChI=1S/C15H19Cl2N/c16-14-8-4-7-12(15(14)17)10-13(18)9-11-5-2-1-3-6-11/h4-5,7-8,13H,1-3,6,9-10,18H2. The molecule has 0 aromatic heterocycles. The number of hydrogen-bond acceptors (Lipinski definition) is 1. The molecule has 1 aromatic rings. The molecule has 0 radical (unpaired) electrons. The summed E-state index contributed by atoms with van der Waals surface area (Å²) in [5, 5.41) is 1.26. The van der Waals surface area contributed by atoms with E-state index in [1.807, 2.05) is 18.2 Å². The summed E-state index contributed by atoms with van der Waals surface area (Å²) in [7, 11) is 0. The molecule has 0 amide bonds. The zero-order valence-electron chi connectivity index (χ0n) is 10.5. The van der Waals surface area contributed by atoms with Gasteiger partial charge in [0.2, 0.25) is 0 Å². The van der Waals surface area contributed by atoms with E-state index in [9.17, 15) is 0 Å². The fraction of sp³-hybridized carbons (Fsp3) is 0.467. The van der Waals surface area contributed by atoms with Crippen molar-refractivity contribution >= 4 is 23.2 Å². The molecule has 1 aliphatic carbocycles. The van der Waals surface area contributed by atoms with Crippen LogP contribution in [0.3, 0.4) is 0 Å². The molecule has 1 aromatic carbocycles. The van der Waals surface area contributed by atoms with Crippen molar-refractivity contribution in [1.29, 1.82) is 0 Å². The van der Waals surface area contributed by atoms with Crippen LogP contribution in [0.1, 0.15) is 37.7 Å². The van der Waals surface area contributed by atoms with Crippen LogP contribution >= 0.6 is 23.2 Å². The van der Waals surface area contributed by atoms with Crippen molar-refractivity contribution in [3.63, 3.8) is 0 Å². The van der Waals surface area contributed by atoms with Crippen molar-refractivity contribution in [2.45, 2.75) is 44.6 Å². The second-order valence-corrected chi connectivity index (χ2v) is 5.77. The Morgan fingerprint density at radius 1 is 1.17 bits per heavy atom. The lowest BCUT2D eigenvalue weighted by molar-refractivity contribution is 0.606. The number of nitrogens with two attached hydrogens (primary N) is 1. The van der Waals surface area contributed by atoms with Gasteiger partial charge in [-0.1, -0.05) is 47.0 Å². The normalized spacial score (nSPS) is 17.4. The lowest BCUT2D eigenvalue weighted by atomic mass is 9.92. The third-order valence-electron chi connectivity index (χ3n) is 3.42. The quantitative estimate of drug-likeness (QED) is 0.793. The van der Waals surface area contributed by atoms with Crippen molar-refractivity contribution in [2.75, 3.05) is 0 Å². The first-order valence-electron chi connectivity index (χ1n) is 6.53. The number of halogens is 2. The van der Waals surface area contributed by atoms with Crippen LogP contribution in [0.4, 0.5) is 0 Å². The van der Waals surface area contributed by atoms with Crippen LogP contribution in [0.25, 0.3) is 0 Å². The van der Waals surface area contributed by atoms with E-state index in [1.165, 1.54) is 31.3 Å². The highest BCUT2D eigenvalue weighted by Crippen LogP contribution is 2.28. The Hall–Kier alpha value is -0.500. The van der Waals surface area contributed by atoms with Crippen LogP contribution < -0.4 is 5.73 Å². The van der Waals surface area contributed by atoms with Gasteiger partial charge in [-0.05, 0) is 50.2 Å². The molecule has 18 heavy (non-hydrogen) atoms. The van der Waals surface area contributed by atoms with E-state index < -0.39 is 0 Å². The minimum atomic E-state index is 0.130. The fourth-order valence-electron chi connectivity index (χ4n) is 2.49. The zero-order chi connectivity index (χ0) is 13.0. The first-order chi connectivity index (χ1) is 8.66. The number of rotatable bonds is 4. The summed E-state index contributed by atoms with van der Waals surface area (Å²) < 4.78 is 0. The topological polar surface area (TPSA) is 26.0 Å². The van der Waals surface area contributed by atoms with E-state index in [2.05, 4.69) is 6.08 Å². The van der Waals surface area contributed by atoms with Crippen molar-refractivity contribution in [3.8, 4) is 0 Å². The first kappa shape index (κ1) is 13.9. The summed E-state index contributed by atoms with van der Waals surface area (Å²) in [6.07, 6.45) is 9.15. The van der Waals surface area contributed by atoms with Gasteiger partial charge in [0.25, 0.3) is 0 Å². The number of allylic oxidation sites excluding steroid dienone is 1. The minimum absolute atomic E-state index is 0.130. The van der Waals surface area contributed by atoms with Crippen LogP contribution in [-0.2, 0) is 6.42 Å². The highest BCUT2D eigenvalue weighted by atomic mass is 35.5. The van der Waals surface area contributed by atoms with Gasteiger partial charge < -0.3 is 5.73 Å². The van der Waals surface area contributed by atoms with Crippen molar-refractivity contribution in [2.24, 2.45) is 5.73 Å².